The summed E-state index contributed by atoms with van der Waals surface area (Å²) in [7, 11) is 1.64. The van der Waals surface area contributed by atoms with Gasteiger partial charge in [-0.05, 0) is 43.4 Å². The number of hydrogen-bond acceptors (Lipinski definition) is 6. The van der Waals surface area contributed by atoms with Crippen molar-refractivity contribution in [1.82, 2.24) is 20.4 Å². The van der Waals surface area contributed by atoms with Crippen molar-refractivity contribution in [3.05, 3.63) is 41.5 Å². The Balaban J connectivity index is 1.37. The summed E-state index contributed by atoms with van der Waals surface area (Å²) in [6, 6.07) is 7.56. The average Bonchev–Trinajstić information content (AvgIpc) is 3.24. The lowest BCUT2D eigenvalue weighted by Gasteiger charge is -2.25. The second kappa shape index (κ2) is 8.60. The number of nitrogens with zero attached hydrogens (tertiary/aromatic N) is 3. The van der Waals surface area contributed by atoms with Crippen LogP contribution in [0.15, 0.2) is 28.8 Å². The zero-order chi connectivity index (χ0) is 19.3. The van der Waals surface area contributed by atoms with Gasteiger partial charge in [-0.15, -0.1) is 0 Å². The van der Waals surface area contributed by atoms with Crippen LogP contribution in [0.3, 0.4) is 0 Å². The molecule has 28 heavy (non-hydrogen) atoms. The van der Waals surface area contributed by atoms with Gasteiger partial charge in [0.1, 0.15) is 5.75 Å². The van der Waals surface area contributed by atoms with E-state index in [-0.39, 0.29) is 18.7 Å². The van der Waals surface area contributed by atoms with E-state index in [4.69, 9.17) is 14.0 Å². The molecule has 1 unspecified atom stereocenters. The van der Waals surface area contributed by atoms with E-state index in [0.29, 0.717) is 24.9 Å². The Morgan fingerprint density at radius 3 is 2.79 bits per heavy atom. The summed E-state index contributed by atoms with van der Waals surface area (Å²) in [4.78, 5) is 19.0. The van der Waals surface area contributed by atoms with E-state index < -0.39 is 0 Å². The molecule has 2 fully saturated rings. The first-order valence-corrected chi connectivity index (χ1v) is 9.81. The summed E-state index contributed by atoms with van der Waals surface area (Å²) in [6.45, 7) is 2.03. The lowest BCUT2D eigenvalue weighted by molar-refractivity contribution is 0.0792. The predicted molar refractivity (Wildman–Crippen MR) is 101 cm³/mol. The molecule has 2 amide bonds. The van der Waals surface area contributed by atoms with Crippen molar-refractivity contribution in [2.75, 3.05) is 20.3 Å². The Morgan fingerprint density at radius 1 is 1.29 bits per heavy atom. The summed E-state index contributed by atoms with van der Waals surface area (Å²) < 4.78 is 16.2. The number of benzene rings is 1. The Bertz CT molecular complexity index is 782. The minimum absolute atomic E-state index is 0.0777. The molecule has 1 N–H and O–H groups in total. The second-order valence-corrected chi connectivity index (χ2v) is 7.34. The van der Waals surface area contributed by atoms with Gasteiger partial charge in [-0.1, -0.05) is 17.3 Å². The molecule has 1 atom stereocenters. The van der Waals surface area contributed by atoms with Crippen LogP contribution >= 0.6 is 0 Å². The molecule has 2 aliphatic rings. The standard InChI is InChI=1S/C20H26N4O4/c1-26-16-8-4-14(5-9-16)12-24(13-17-3-2-10-27-17)20(25)21-11-18-22-19(23-28-18)15-6-7-15/h4-5,8-9,15,17H,2-3,6-7,10-13H2,1H3,(H,21,25). The number of carbonyl (C=O) groups excluding carboxylic acids is 1. The molecule has 150 valence electrons. The predicted octanol–water partition coefficient (Wildman–Crippen LogP) is 2.85. The molecule has 8 heteroatoms. The maximum atomic E-state index is 12.8. The number of rotatable bonds is 8. The number of aromatic nitrogens is 2. The second-order valence-electron chi connectivity index (χ2n) is 7.34. The SMILES string of the molecule is COc1ccc(CN(CC2CCCO2)C(=O)NCc2nc(C3CC3)no2)cc1. The van der Waals surface area contributed by atoms with Gasteiger partial charge in [-0.2, -0.15) is 4.98 Å². The highest BCUT2D eigenvalue weighted by Gasteiger charge is 2.29. The largest absolute Gasteiger partial charge is 0.497 e. The van der Waals surface area contributed by atoms with Gasteiger partial charge in [-0.3, -0.25) is 0 Å². The fraction of sp³-hybridized carbons (Fsp3) is 0.550. The van der Waals surface area contributed by atoms with E-state index in [2.05, 4.69) is 15.5 Å². The number of nitrogens with one attached hydrogen (secondary N) is 1. The van der Waals surface area contributed by atoms with Crippen molar-refractivity contribution < 1.29 is 18.8 Å². The molecule has 4 rings (SSSR count). The summed E-state index contributed by atoms with van der Waals surface area (Å²) >= 11 is 0. The Kier molecular flexibility index (Phi) is 5.76. The minimum atomic E-state index is -0.169. The summed E-state index contributed by atoms with van der Waals surface area (Å²) in [5.74, 6) is 2.41. The van der Waals surface area contributed by atoms with E-state index in [0.717, 1.165) is 49.4 Å². The molecule has 1 aromatic heterocycles. The van der Waals surface area contributed by atoms with Gasteiger partial charge < -0.3 is 24.2 Å². The molecule has 1 aliphatic heterocycles. The number of methoxy groups -OCH3 is 1. The molecule has 8 nitrogen and oxygen atoms in total. The lowest BCUT2D eigenvalue weighted by Crippen LogP contribution is -2.43. The monoisotopic (exact) mass is 386 g/mol. The third kappa shape index (κ3) is 4.81. The van der Waals surface area contributed by atoms with Crippen molar-refractivity contribution in [2.45, 2.75) is 50.8 Å². The Morgan fingerprint density at radius 2 is 2.11 bits per heavy atom. The van der Waals surface area contributed by atoms with Gasteiger partial charge >= 0.3 is 6.03 Å². The highest BCUT2D eigenvalue weighted by Crippen LogP contribution is 2.38. The van der Waals surface area contributed by atoms with Gasteiger partial charge in [-0.25, -0.2) is 4.79 Å². The van der Waals surface area contributed by atoms with Crippen molar-refractivity contribution >= 4 is 6.03 Å². The molecule has 2 heterocycles. The number of amides is 2. The summed E-state index contributed by atoms with van der Waals surface area (Å²) in [5.41, 5.74) is 1.03. The highest BCUT2D eigenvalue weighted by molar-refractivity contribution is 5.74. The van der Waals surface area contributed by atoms with Crippen molar-refractivity contribution in [3.63, 3.8) is 0 Å². The van der Waals surface area contributed by atoms with Crippen LogP contribution in [0.25, 0.3) is 0 Å². The van der Waals surface area contributed by atoms with Crippen molar-refractivity contribution in [1.29, 1.82) is 0 Å². The number of carbonyl (C=O) groups is 1. The van der Waals surface area contributed by atoms with Crippen molar-refractivity contribution in [3.8, 4) is 5.75 Å². The lowest BCUT2D eigenvalue weighted by atomic mass is 10.2. The van der Waals surface area contributed by atoms with E-state index in [1.54, 1.807) is 12.0 Å². The van der Waals surface area contributed by atoms with Gasteiger partial charge in [0.2, 0.25) is 5.89 Å². The highest BCUT2D eigenvalue weighted by atomic mass is 16.5. The Labute approximate surface area is 164 Å². The topological polar surface area (TPSA) is 89.7 Å². The normalized spacial score (nSPS) is 18.8. The molecule has 1 aromatic carbocycles. The molecule has 1 saturated carbocycles. The molecule has 1 aliphatic carbocycles. The molecule has 2 aromatic rings. The zero-order valence-corrected chi connectivity index (χ0v) is 16.1. The molecule has 1 saturated heterocycles. The van der Waals surface area contributed by atoms with Crippen LogP contribution < -0.4 is 10.1 Å². The smallest absolute Gasteiger partial charge is 0.318 e. The number of urea groups is 1. The van der Waals surface area contributed by atoms with E-state index in [1.807, 2.05) is 24.3 Å². The molecule has 0 bridgehead atoms. The average molecular weight is 386 g/mol. The first-order valence-electron chi connectivity index (χ1n) is 9.81. The van der Waals surface area contributed by atoms with E-state index >= 15 is 0 Å². The zero-order valence-electron chi connectivity index (χ0n) is 16.1. The molecular weight excluding hydrogens is 360 g/mol. The maximum absolute atomic E-state index is 12.8. The first kappa shape index (κ1) is 18.7. The van der Waals surface area contributed by atoms with Gasteiger partial charge in [0.25, 0.3) is 0 Å². The summed E-state index contributed by atoms with van der Waals surface area (Å²) in [6.07, 6.45) is 4.31. The maximum Gasteiger partial charge on any atom is 0.318 e. The third-order valence-electron chi connectivity index (χ3n) is 5.08. The van der Waals surface area contributed by atoms with Gasteiger partial charge in [0.15, 0.2) is 5.82 Å². The van der Waals surface area contributed by atoms with Crippen LogP contribution in [-0.2, 0) is 17.8 Å². The number of ether oxygens (including phenoxy) is 2. The van der Waals surface area contributed by atoms with Crippen LogP contribution in [-0.4, -0.2) is 47.4 Å². The van der Waals surface area contributed by atoms with E-state index in [1.165, 1.54) is 0 Å². The Hall–Kier alpha value is -2.61. The van der Waals surface area contributed by atoms with Crippen LogP contribution in [0.1, 0.15) is 48.9 Å². The molecule has 0 radical (unpaired) electrons. The fourth-order valence-electron chi connectivity index (χ4n) is 3.31. The van der Waals surface area contributed by atoms with Crippen LogP contribution in [0.2, 0.25) is 0 Å². The van der Waals surface area contributed by atoms with Crippen LogP contribution in [0, 0.1) is 0 Å². The van der Waals surface area contributed by atoms with Gasteiger partial charge in [0.05, 0.1) is 19.8 Å². The molecular formula is C20H26N4O4. The quantitative estimate of drug-likeness (QED) is 0.750. The van der Waals surface area contributed by atoms with Crippen LogP contribution in [0.4, 0.5) is 4.79 Å². The number of hydrogen-bond donors (Lipinski definition) is 1. The first-order chi connectivity index (χ1) is 13.7. The van der Waals surface area contributed by atoms with Crippen LogP contribution in [0.5, 0.6) is 5.75 Å². The summed E-state index contributed by atoms with van der Waals surface area (Å²) in [5, 5.41) is 6.88. The van der Waals surface area contributed by atoms with Gasteiger partial charge in [0, 0.05) is 25.6 Å². The third-order valence-corrected chi connectivity index (χ3v) is 5.08. The minimum Gasteiger partial charge on any atom is -0.497 e. The molecule has 0 spiro atoms. The fourth-order valence-corrected chi connectivity index (χ4v) is 3.31. The van der Waals surface area contributed by atoms with E-state index in [9.17, 15) is 4.79 Å². The van der Waals surface area contributed by atoms with Crippen molar-refractivity contribution in [2.24, 2.45) is 0 Å².